The molecule has 1 fully saturated rings. The normalized spacial score (nSPS) is 18.2. The molecule has 0 amide bonds. The first kappa shape index (κ1) is 24.5. The third kappa shape index (κ3) is 4.51. The van der Waals surface area contributed by atoms with E-state index in [1.807, 2.05) is 39.0 Å². The van der Waals surface area contributed by atoms with Crippen molar-refractivity contribution >= 4 is 27.6 Å². The van der Waals surface area contributed by atoms with Gasteiger partial charge >= 0.3 is 16.2 Å². The highest BCUT2D eigenvalue weighted by Gasteiger charge is 2.37. The second kappa shape index (κ2) is 8.85. The number of Topliss-reactive ketones (excluding diaryl/α,β-unsaturated/α-hetero) is 1. The number of carboxylic acids is 1. The summed E-state index contributed by atoms with van der Waals surface area (Å²) in [6.07, 6.45) is 3.23. The molecule has 4 rings (SSSR count). The van der Waals surface area contributed by atoms with Crippen LogP contribution in [0.2, 0.25) is 0 Å². The Hall–Kier alpha value is -2.65. The lowest BCUT2D eigenvalue weighted by Crippen LogP contribution is -2.40. The third-order valence-corrected chi connectivity index (χ3v) is 8.93. The van der Waals surface area contributed by atoms with Gasteiger partial charge in [-0.2, -0.15) is 12.7 Å². The first-order chi connectivity index (χ1) is 15.9. The highest BCUT2D eigenvalue weighted by molar-refractivity contribution is 7.90. The zero-order chi connectivity index (χ0) is 24.8. The van der Waals surface area contributed by atoms with Gasteiger partial charge in [-0.05, 0) is 54.9 Å². The number of rotatable bonds is 7. The molecule has 2 aliphatic rings. The Labute approximate surface area is 201 Å². The van der Waals surface area contributed by atoms with Gasteiger partial charge in [0.25, 0.3) is 0 Å². The molecule has 1 aromatic carbocycles. The highest BCUT2D eigenvalue weighted by Crippen LogP contribution is 2.39. The summed E-state index contributed by atoms with van der Waals surface area (Å²) in [5.41, 5.74) is 4.25. The van der Waals surface area contributed by atoms with Gasteiger partial charge < -0.3 is 9.67 Å². The first-order valence-corrected chi connectivity index (χ1v) is 13.1. The Balaban J connectivity index is 1.71. The number of carbonyl (C=O) groups is 2. The SMILES string of the molecule is Cc1c(Cc2cccc(N(C)S(=O)(=O)N3CCCC3)c2)c2c(n1CC(=O)O)CC(C)(C)CC2=O. The molecule has 34 heavy (non-hydrogen) atoms. The number of hydrogen-bond acceptors (Lipinski definition) is 4. The number of ketones is 1. The van der Waals surface area contributed by atoms with Gasteiger partial charge in [-0.15, -0.1) is 0 Å². The van der Waals surface area contributed by atoms with Gasteiger partial charge in [0.15, 0.2) is 5.78 Å². The Bertz CT molecular complexity index is 1240. The van der Waals surface area contributed by atoms with Gasteiger partial charge in [0.1, 0.15) is 6.54 Å². The van der Waals surface area contributed by atoms with E-state index < -0.39 is 16.2 Å². The zero-order valence-corrected chi connectivity index (χ0v) is 21.1. The number of carboxylic acid groups (broad SMARTS) is 1. The van der Waals surface area contributed by atoms with E-state index in [1.165, 1.54) is 8.61 Å². The minimum absolute atomic E-state index is 0.0402. The van der Waals surface area contributed by atoms with Crippen LogP contribution in [0.5, 0.6) is 0 Å². The Morgan fingerprint density at radius 3 is 2.50 bits per heavy atom. The van der Waals surface area contributed by atoms with Crippen molar-refractivity contribution < 1.29 is 23.1 Å². The standard InChI is InChI=1S/C25H33N3O5S/c1-17-20(24-21(28(17)16-23(30)31)14-25(2,3)15-22(24)29)13-18-8-7-9-19(12-18)26(4)34(32,33)27-10-5-6-11-27/h7-9,12H,5-6,10-11,13-16H2,1-4H3,(H,30,31). The fourth-order valence-electron chi connectivity index (χ4n) is 5.26. The van der Waals surface area contributed by atoms with Crippen LogP contribution in [0.25, 0.3) is 0 Å². The average molecular weight is 488 g/mol. The molecule has 0 saturated carbocycles. The van der Waals surface area contributed by atoms with Crippen LogP contribution >= 0.6 is 0 Å². The molecule has 1 aromatic heterocycles. The summed E-state index contributed by atoms with van der Waals surface area (Å²) in [4.78, 5) is 24.7. The van der Waals surface area contributed by atoms with E-state index in [1.54, 1.807) is 17.7 Å². The zero-order valence-electron chi connectivity index (χ0n) is 20.3. The van der Waals surface area contributed by atoms with E-state index >= 15 is 0 Å². The smallest absolute Gasteiger partial charge is 0.323 e. The maximum Gasteiger partial charge on any atom is 0.323 e. The predicted octanol–water partition coefficient (Wildman–Crippen LogP) is 3.40. The van der Waals surface area contributed by atoms with Gasteiger partial charge in [0, 0.05) is 49.9 Å². The average Bonchev–Trinajstić information content (AvgIpc) is 3.37. The summed E-state index contributed by atoms with van der Waals surface area (Å²) in [6.45, 7) is 6.81. The fraction of sp³-hybridized carbons (Fsp3) is 0.520. The van der Waals surface area contributed by atoms with E-state index in [-0.39, 0.29) is 17.7 Å². The molecule has 0 atom stereocenters. The number of hydrogen-bond donors (Lipinski definition) is 1. The Morgan fingerprint density at radius 1 is 1.18 bits per heavy atom. The van der Waals surface area contributed by atoms with Crippen LogP contribution in [0.15, 0.2) is 24.3 Å². The third-order valence-electron chi connectivity index (χ3n) is 7.01. The second-order valence-corrected chi connectivity index (χ2v) is 12.2. The van der Waals surface area contributed by atoms with E-state index in [4.69, 9.17) is 0 Å². The molecule has 1 aliphatic carbocycles. The highest BCUT2D eigenvalue weighted by atomic mass is 32.2. The molecule has 0 spiro atoms. The molecule has 0 unspecified atom stereocenters. The molecule has 2 aromatic rings. The van der Waals surface area contributed by atoms with Crippen LogP contribution in [-0.4, -0.2) is 54.3 Å². The number of nitrogens with zero attached hydrogens (tertiary/aromatic N) is 3. The Morgan fingerprint density at radius 2 is 1.85 bits per heavy atom. The number of benzene rings is 1. The van der Waals surface area contributed by atoms with Crippen molar-refractivity contribution in [3.8, 4) is 0 Å². The predicted molar refractivity (Wildman–Crippen MR) is 131 cm³/mol. The molecule has 2 heterocycles. The number of aromatic nitrogens is 1. The lowest BCUT2D eigenvalue weighted by Gasteiger charge is -2.30. The summed E-state index contributed by atoms with van der Waals surface area (Å²) in [5, 5.41) is 9.48. The molecular weight excluding hydrogens is 454 g/mol. The quantitative estimate of drug-likeness (QED) is 0.645. The second-order valence-electron chi connectivity index (χ2n) is 10.2. The summed E-state index contributed by atoms with van der Waals surface area (Å²) < 4.78 is 30.6. The van der Waals surface area contributed by atoms with Gasteiger partial charge in [-0.25, -0.2) is 0 Å². The lowest BCUT2D eigenvalue weighted by molar-refractivity contribution is -0.137. The largest absolute Gasteiger partial charge is 0.480 e. The van der Waals surface area contributed by atoms with Crippen molar-refractivity contribution in [2.75, 3.05) is 24.4 Å². The Kier molecular flexibility index (Phi) is 6.37. The molecule has 1 N–H and O–H groups in total. The van der Waals surface area contributed by atoms with Gasteiger partial charge in [0.05, 0.1) is 5.69 Å². The molecular formula is C25H33N3O5S. The molecule has 0 bridgehead atoms. The first-order valence-electron chi connectivity index (χ1n) is 11.7. The summed E-state index contributed by atoms with van der Waals surface area (Å²) in [6, 6.07) is 7.34. The van der Waals surface area contributed by atoms with Crippen molar-refractivity contribution in [2.45, 2.75) is 59.4 Å². The topological polar surface area (TPSA) is 99.9 Å². The molecule has 8 nitrogen and oxygen atoms in total. The number of anilines is 1. The maximum atomic E-state index is 13.2. The van der Waals surface area contributed by atoms with Gasteiger partial charge in [-0.3, -0.25) is 13.9 Å². The molecule has 1 aliphatic heterocycles. The van der Waals surface area contributed by atoms with Gasteiger partial charge in [-0.1, -0.05) is 26.0 Å². The van der Waals surface area contributed by atoms with Crippen LogP contribution < -0.4 is 4.31 Å². The number of aliphatic carboxylic acids is 1. The van der Waals surface area contributed by atoms with Crippen molar-refractivity contribution in [2.24, 2.45) is 5.41 Å². The van der Waals surface area contributed by atoms with E-state index in [9.17, 15) is 23.1 Å². The monoisotopic (exact) mass is 487 g/mol. The fourth-order valence-corrected chi connectivity index (χ4v) is 6.71. The maximum absolute atomic E-state index is 13.2. The number of fused-ring (bicyclic) bond motifs is 1. The van der Waals surface area contributed by atoms with Crippen LogP contribution in [0, 0.1) is 12.3 Å². The van der Waals surface area contributed by atoms with Crippen molar-refractivity contribution in [1.29, 1.82) is 0 Å². The van der Waals surface area contributed by atoms with Crippen LogP contribution in [0.4, 0.5) is 5.69 Å². The summed E-state index contributed by atoms with van der Waals surface area (Å²) >= 11 is 0. The molecule has 184 valence electrons. The molecule has 9 heteroatoms. The minimum atomic E-state index is -3.59. The summed E-state index contributed by atoms with van der Waals surface area (Å²) in [5.74, 6) is -0.905. The number of carbonyl (C=O) groups excluding carboxylic acids is 1. The van der Waals surface area contributed by atoms with E-state index in [0.717, 1.165) is 35.4 Å². The van der Waals surface area contributed by atoms with Gasteiger partial charge in [0.2, 0.25) is 0 Å². The minimum Gasteiger partial charge on any atom is -0.480 e. The van der Waals surface area contributed by atoms with Crippen molar-refractivity contribution in [3.05, 3.63) is 52.3 Å². The molecule has 1 saturated heterocycles. The van der Waals surface area contributed by atoms with E-state index in [0.29, 0.717) is 43.6 Å². The van der Waals surface area contributed by atoms with Crippen LogP contribution in [0.1, 0.15) is 66.0 Å². The van der Waals surface area contributed by atoms with Crippen LogP contribution in [-0.2, 0) is 34.4 Å². The lowest BCUT2D eigenvalue weighted by atomic mass is 9.75. The van der Waals surface area contributed by atoms with Crippen molar-refractivity contribution in [1.82, 2.24) is 8.87 Å². The molecule has 0 radical (unpaired) electrons. The van der Waals surface area contributed by atoms with Crippen molar-refractivity contribution in [3.63, 3.8) is 0 Å². The summed E-state index contributed by atoms with van der Waals surface area (Å²) in [7, 11) is -2.03. The van der Waals surface area contributed by atoms with Crippen LogP contribution in [0.3, 0.4) is 0 Å². The van der Waals surface area contributed by atoms with E-state index in [2.05, 4.69) is 0 Å².